The quantitative estimate of drug-likeness (QED) is 0.720. The summed E-state index contributed by atoms with van der Waals surface area (Å²) in [6, 6.07) is 7.35. The van der Waals surface area contributed by atoms with Gasteiger partial charge in [0.25, 0.3) is 0 Å². The van der Waals surface area contributed by atoms with E-state index >= 15 is 0 Å². The Labute approximate surface area is 140 Å². The van der Waals surface area contributed by atoms with Crippen molar-refractivity contribution in [1.82, 2.24) is 0 Å². The molecule has 1 aromatic carbocycles. The number of phenolic OH excluding ortho intramolecular Hbond substituents is 1. The topological polar surface area (TPSA) is 29.5 Å². The summed E-state index contributed by atoms with van der Waals surface area (Å²) in [6.07, 6.45) is 7.62. The summed E-state index contributed by atoms with van der Waals surface area (Å²) >= 11 is 0. The van der Waals surface area contributed by atoms with Gasteiger partial charge in [-0.05, 0) is 54.0 Å². The van der Waals surface area contributed by atoms with Gasteiger partial charge in [0.2, 0.25) is 0 Å². The molecule has 1 aliphatic rings. The Kier molecular flexibility index (Phi) is 6.23. The summed E-state index contributed by atoms with van der Waals surface area (Å²) in [5.41, 5.74) is 5.03. The summed E-state index contributed by atoms with van der Waals surface area (Å²) in [4.78, 5) is 0. The Hall–Kier alpha value is -1.80. The van der Waals surface area contributed by atoms with Crippen molar-refractivity contribution in [2.45, 2.75) is 46.1 Å². The Bertz CT molecular complexity index is 591. The predicted molar refractivity (Wildman–Crippen MR) is 97.4 cm³/mol. The molecular formula is C21H28O2. The minimum Gasteiger partial charge on any atom is -0.508 e. The summed E-state index contributed by atoms with van der Waals surface area (Å²) in [7, 11) is 0. The summed E-state index contributed by atoms with van der Waals surface area (Å²) in [6.45, 7) is 11.5. The Morgan fingerprint density at radius 3 is 2.65 bits per heavy atom. The third-order valence-electron chi connectivity index (χ3n) is 4.46. The van der Waals surface area contributed by atoms with Crippen LogP contribution >= 0.6 is 0 Å². The molecule has 1 atom stereocenters. The maximum Gasteiger partial charge on any atom is 0.115 e. The first kappa shape index (κ1) is 17.6. The molecule has 2 rings (SSSR count). The van der Waals surface area contributed by atoms with Crippen molar-refractivity contribution in [3.63, 3.8) is 0 Å². The Balaban J connectivity index is 1.99. The smallest absolute Gasteiger partial charge is 0.115 e. The van der Waals surface area contributed by atoms with Crippen LogP contribution in [-0.4, -0.2) is 17.8 Å². The van der Waals surface area contributed by atoms with Crippen molar-refractivity contribution in [1.29, 1.82) is 0 Å². The highest BCUT2D eigenvalue weighted by atomic mass is 16.5. The van der Waals surface area contributed by atoms with Gasteiger partial charge in [0.05, 0.1) is 12.7 Å². The van der Waals surface area contributed by atoms with Crippen LogP contribution in [0.4, 0.5) is 0 Å². The van der Waals surface area contributed by atoms with E-state index in [2.05, 4.69) is 39.5 Å². The van der Waals surface area contributed by atoms with Gasteiger partial charge in [0.15, 0.2) is 0 Å². The van der Waals surface area contributed by atoms with Crippen LogP contribution in [0.3, 0.4) is 0 Å². The molecule has 124 valence electrons. The minimum atomic E-state index is 0.180. The summed E-state index contributed by atoms with van der Waals surface area (Å²) < 4.78 is 5.88. The lowest BCUT2D eigenvalue weighted by atomic mass is 9.90. The highest BCUT2D eigenvalue weighted by Crippen LogP contribution is 2.30. The first-order chi connectivity index (χ1) is 11.0. The molecule has 23 heavy (non-hydrogen) atoms. The zero-order valence-corrected chi connectivity index (χ0v) is 14.5. The van der Waals surface area contributed by atoms with Gasteiger partial charge >= 0.3 is 0 Å². The zero-order valence-electron chi connectivity index (χ0n) is 14.5. The van der Waals surface area contributed by atoms with E-state index in [9.17, 15) is 5.11 Å². The number of allylic oxidation sites excluding steroid dienone is 1. The van der Waals surface area contributed by atoms with Crippen LogP contribution in [0.15, 0.2) is 53.6 Å². The van der Waals surface area contributed by atoms with Crippen LogP contribution in [0, 0.1) is 5.92 Å². The van der Waals surface area contributed by atoms with Crippen LogP contribution in [0.2, 0.25) is 0 Å². The largest absolute Gasteiger partial charge is 0.508 e. The molecule has 1 unspecified atom stereocenters. The maximum absolute atomic E-state index is 9.37. The fraction of sp³-hybridized carbons (Fsp3) is 0.429. The Morgan fingerprint density at radius 2 is 2.04 bits per heavy atom. The van der Waals surface area contributed by atoms with Gasteiger partial charge in [-0.15, -0.1) is 0 Å². The number of ether oxygens (including phenoxy) is 1. The third kappa shape index (κ3) is 4.84. The van der Waals surface area contributed by atoms with E-state index in [1.165, 1.54) is 16.7 Å². The normalized spacial score (nSPS) is 18.3. The molecule has 0 aromatic heterocycles. The molecule has 1 N–H and O–H groups in total. The van der Waals surface area contributed by atoms with Crippen molar-refractivity contribution >= 4 is 6.08 Å². The maximum atomic E-state index is 9.37. The third-order valence-corrected chi connectivity index (χ3v) is 4.46. The molecule has 1 aromatic rings. The van der Waals surface area contributed by atoms with E-state index in [1.54, 1.807) is 12.1 Å². The van der Waals surface area contributed by atoms with Gasteiger partial charge in [-0.25, -0.2) is 0 Å². The molecule has 0 spiro atoms. The number of rotatable bonds is 7. The van der Waals surface area contributed by atoms with E-state index in [4.69, 9.17) is 4.74 Å². The molecule has 1 heterocycles. The fourth-order valence-electron chi connectivity index (χ4n) is 2.86. The number of hydrogen-bond donors (Lipinski definition) is 1. The lowest BCUT2D eigenvalue weighted by Gasteiger charge is -2.19. The van der Waals surface area contributed by atoms with Crippen LogP contribution < -0.4 is 0 Å². The van der Waals surface area contributed by atoms with E-state index < -0.39 is 0 Å². The molecule has 0 radical (unpaired) electrons. The van der Waals surface area contributed by atoms with Gasteiger partial charge in [0.1, 0.15) is 5.75 Å². The first-order valence-corrected chi connectivity index (χ1v) is 8.50. The lowest BCUT2D eigenvalue weighted by molar-refractivity contribution is 0.116. The fourth-order valence-corrected chi connectivity index (χ4v) is 2.86. The van der Waals surface area contributed by atoms with Gasteiger partial charge in [-0.3, -0.25) is 0 Å². The molecule has 0 aliphatic carbocycles. The molecule has 2 heteroatoms. The van der Waals surface area contributed by atoms with Crippen molar-refractivity contribution in [3.8, 4) is 5.75 Å². The van der Waals surface area contributed by atoms with Crippen molar-refractivity contribution < 1.29 is 9.84 Å². The number of hydrogen-bond acceptors (Lipinski definition) is 2. The molecule has 1 aliphatic heterocycles. The van der Waals surface area contributed by atoms with Crippen LogP contribution in [0.25, 0.3) is 6.08 Å². The SMILES string of the molecule is C=C(C1=CCOC1CC/C(=C/c1ccc(O)cc1)CC)C(C)C. The number of phenols is 1. The summed E-state index contributed by atoms with van der Waals surface area (Å²) in [5.74, 6) is 0.769. The molecule has 0 bridgehead atoms. The van der Waals surface area contributed by atoms with Gasteiger partial charge in [0, 0.05) is 0 Å². The second-order valence-corrected chi connectivity index (χ2v) is 6.45. The van der Waals surface area contributed by atoms with Crippen molar-refractivity contribution in [2.75, 3.05) is 6.61 Å². The Morgan fingerprint density at radius 1 is 1.35 bits per heavy atom. The highest BCUT2D eigenvalue weighted by molar-refractivity contribution is 5.53. The van der Waals surface area contributed by atoms with Crippen LogP contribution in [-0.2, 0) is 4.74 Å². The number of aromatic hydroxyl groups is 1. The predicted octanol–water partition coefficient (Wildman–Crippen LogP) is 5.50. The second kappa shape index (κ2) is 8.16. The zero-order chi connectivity index (χ0) is 16.8. The molecule has 0 fully saturated rings. The number of benzene rings is 1. The van der Waals surface area contributed by atoms with Crippen LogP contribution in [0.1, 0.15) is 45.6 Å². The van der Waals surface area contributed by atoms with Gasteiger partial charge < -0.3 is 9.84 Å². The van der Waals surface area contributed by atoms with E-state index in [0.717, 1.165) is 24.8 Å². The summed E-state index contributed by atoms with van der Waals surface area (Å²) in [5, 5.41) is 9.37. The average molecular weight is 312 g/mol. The van der Waals surface area contributed by atoms with E-state index in [-0.39, 0.29) is 6.10 Å². The molecule has 0 amide bonds. The molecule has 2 nitrogen and oxygen atoms in total. The lowest BCUT2D eigenvalue weighted by Crippen LogP contribution is -2.13. The monoisotopic (exact) mass is 312 g/mol. The van der Waals surface area contributed by atoms with E-state index in [1.807, 2.05) is 12.1 Å². The molecule has 0 saturated heterocycles. The van der Waals surface area contributed by atoms with Gasteiger partial charge in [-0.2, -0.15) is 0 Å². The molecular weight excluding hydrogens is 284 g/mol. The minimum absolute atomic E-state index is 0.180. The highest BCUT2D eigenvalue weighted by Gasteiger charge is 2.23. The second-order valence-electron chi connectivity index (χ2n) is 6.45. The first-order valence-electron chi connectivity index (χ1n) is 8.50. The van der Waals surface area contributed by atoms with Crippen molar-refractivity contribution in [2.24, 2.45) is 5.92 Å². The van der Waals surface area contributed by atoms with Crippen LogP contribution in [0.5, 0.6) is 5.75 Å². The standard InChI is InChI=1S/C21H28O2/c1-5-17(14-18-6-9-19(22)10-7-18)8-11-21-20(12-13-23-21)16(4)15(2)3/h6-7,9-10,12,14-15,21-22H,4-5,8,11,13H2,1-3H3/b17-14+. The van der Waals surface area contributed by atoms with Gasteiger partial charge in [-0.1, -0.05) is 57.2 Å². The van der Waals surface area contributed by atoms with E-state index in [0.29, 0.717) is 18.3 Å². The molecule has 0 saturated carbocycles. The van der Waals surface area contributed by atoms with Crippen molar-refractivity contribution in [3.05, 3.63) is 59.2 Å². The average Bonchev–Trinajstić information content (AvgIpc) is 3.00.